The molecular weight excluding hydrogens is 451 g/mol. The van der Waals surface area contributed by atoms with Gasteiger partial charge in [0.05, 0.1) is 13.2 Å². The first-order chi connectivity index (χ1) is 15.9. The highest BCUT2D eigenvalue weighted by atomic mass is 19.4. The van der Waals surface area contributed by atoms with Gasteiger partial charge in [0.15, 0.2) is 0 Å². The average molecular weight is 480 g/mol. The SMILES string of the molecule is COc1cc(Nc2ccc3c(c2)CCN2CCN(C(=O)OC(C)(C)C)C[C@@H]32)nc(C(F)(F)F)n1. The standard InChI is InChI=1S/C23H28F3N5O3/c1-22(2,3)34-21(32)31-10-9-30-8-7-14-11-15(5-6-16(14)17(30)13-31)27-18-12-19(33-4)29-20(28-18)23(24,25)26/h5-6,11-12,17H,7-10,13H2,1-4H3,(H,27,28,29)/t17-/m0/s1. The molecule has 1 saturated heterocycles. The maximum Gasteiger partial charge on any atom is 0.451 e. The molecule has 34 heavy (non-hydrogen) atoms. The number of rotatable bonds is 3. The molecule has 11 heteroatoms. The molecule has 0 saturated carbocycles. The van der Waals surface area contributed by atoms with Crippen molar-refractivity contribution in [3.8, 4) is 5.88 Å². The van der Waals surface area contributed by atoms with E-state index in [-0.39, 0.29) is 23.8 Å². The molecule has 0 aliphatic carbocycles. The number of aromatic nitrogens is 2. The number of fused-ring (bicyclic) bond motifs is 3. The van der Waals surface area contributed by atoms with E-state index in [4.69, 9.17) is 9.47 Å². The number of amides is 1. The Balaban J connectivity index is 1.54. The van der Waals surface area contributed by atoms with E-state index in [2.05, 4.69) is 20.2 Å². The third kappa shape index (κ3) is 5.35. The fourth-order valence-electron chi connectivity index (χ4n) is 4.23. The first kappa shape index (κ1) is 24.1. The fraction of sp³-hybridized carbons (Fsp3) is 0.522. The van der Waals surface area contributed by atoms with Crippen LogP contribution < -0.4 is 10.1 Å². The van der Waals surface area contributed by atoms with Crippen LogP contribution in [-0.2, 0) is 17.3 Å². The van der Waals surface area contributed by atoms with Gasteiger partial charge in [-0.2, -0.15) is 18.2 Å². The predicted octanol–water partition coefficient (Wildman–Crippen LogP) is 4.40. The molecule has 0 spiro atoms. The normalized spacial score (nSPS) is 18.7. The summed E-state index contributed by atoms with van der Waals surface area (Å²) < 4.78 is 49.8. The van der Waals surface area contributed by atoms with Crippen LogP contribution in [0.1, 0.15) is 43.8 Å². The molecule has 0 bridgehead atoms. The molecule has 8 nitrogen and oxygen atoms in total. The largest absolute Gasteiger partial charge is 0.481 e. The smallest absolute Gasteiger partial charge is 0.451 e. The van der Waals surface area contributed by atoms with E-state index >= 15 is 0 Å². The van der Waals surface area contributed by atoms with Crippen molar-refractivity contribution in [1.29, 1.82) is 0 Å². The van der Waals surface area contributed by atoms with Crippen molar-refractivity contribution in [2.24, 2.45) is 0 Å². The summed E-state index contributed by atoms with van der Waals surface area (Å²) in [5.41, 5.74) is 2.23. The van der Waals surface area contributed by atoms with Crippen molar-refractivity contribution in [2.75, 3.05) is 38.6 Å². The molecule has 2 aliphatic rings. The first-order valence-corrected chi connectivity index (χ1v) is 11.0. The van der Waals surface area contributed by atoms with E-state index in [1.165, 1.54) is 13.2 Å². The Morgan fingerprint density at radius 2 is 1.88 bits per heavy atom. The molecule has 2 aliphatic heterocycles. The molecule has 4 rings (SSSR count). The molecule has 184 valence electrons. The van der Waals surface area contributed by atoms with E-state index in [1.54, 1.807) is 11.0 Å². The van der Waals surface area contributed by atoms with Gasteiger partial charge in [-0.15, -0.1) is 0 Å². The van der Waals surface area contributed by atoms with Gasteiger partial charge in [-0.05, 0) is 50.5 Å². The molecule has 3 heterocycles. The molecule has 0 unspecified atom stereocenters. The van der Waals surface area contributed by atoms with E-state index in [1.807, 2.05) is 32.9 Å². The number of halogens is 3. The van der Waals surface area contributed by atoms with Gasteiger partial charge in [0, 0.05) is 37.9 Å². The summed E-state index contributed by atoms with van der Waals surface area (Å²) in [6.45, 7) is 8.25. The Kier molecular flexibility index (Phi) is 6.32. The number of ether oxygens (including phenoxy) is 2. The maximum atomic E-state index is 13.1. The van der Waals surface area contributed by atoms with Gasteiger partial charge in [0.1, 0.15) is 11.4 Å². The number of methoxy groups -OCH3 is 1. The topological polar surface area (TPSA) is 79.8 Å². The molecule has 1 aromatic carbocycles. The van der Waals surface area contributed by atoms with Crippen LogP contribution in [0, 0.1) is 0 Å². The van der Waals surface area contributed by atoms with Gasteiger partial charge in [-0.25, -0.2) is 9.78 Å². The lowest BCUT2D eigenvalue weighted by Gasteiger charge is -2.45. The third-order valence-electron chi connectivity index (χ3n) is 5.75. The summed E-state index contributed by atoms with van der Waals surface area (Å²) in [6.07, 6.45) is -4.21. The van der Waals surface area contributed by atoms with Gasteiger partial charge in [0.2, 0.25) is 11.7 Å². The Hall–Kier alpha value is -3.08. The number of piperazine rings is 1. The number of nitrogens with zero attached hydrogens (tertiary/aromatic N) is 4. The molecule has 1 fully saturated rings. The van der Waals surface area contributed by atoms with Crippen LogP contribution in [-0.4, -0.2) is 64.8 Å². The molecule has 1 amide bonds. The van der Waals surface area contributed by atoms with Crippen molar-refractivity contribution in [2.45, 2.75) is 45.0 Å². The minimum absolute atomic E-state index is 0.00896. The summed E-state index contributed by atoms with van der Waals surface area (Å²) >= 11 is 0. The number of benzene rings is 1. The van der Waals surface area contributed by atoms with Crippen molar-refractivity contribution in [3.63, 3.8) is 0 Å². The fourth-order valence-corrected chi connectivity index (χ4v) is 4.23. The molecule has 1 atom stereocenters. The minimum Gasteiger partial charge on any atom is -0.481 e. The minimum atomic E-state index is -4.69. The highest BCUT2D eigenvalue weighted by molar-refractivity contribution is 5.68. The van der Waals surface area contributed by atoms with Crippen LogP contribution >= 0.6 is 0 Å². The summed E-state index contributed by atoms with van der Waals surface area (Å²) in [4.78, 5) is 23.6. The molecule has 1 N–H and O–H groups in total. The predicted molar refractivity (Wildman–Crippen MR) is 119 cm³/mol. The Morgan fingerprint density at radius 1 is 1.12 bits per heavy atom. The lowest BCUT2D eigenvalue weighted by Crippen LogP contribution is -2.53. The zero-order valence-corrected chi connectivity index (χ0v) is 19.6. The Bertz CT molecular complexity index is 1070. The summed E-state index contributed by atoms with van der Waals surface area (Å²) in [7, 11) is 1.25. The number of anilines is 2. The average Bonchev–Trinajstić information content (AvgIpc) is 2.76. The second kappa shape index (κ2) is 8.94. The lowest BCUT2D eigenvalue weighted by molar-refractivity contribution is -0.145. The van der Waals surface area contributed by atoms with Crippen LogP contribution in [0.15, 0.2) is 24.3 Å². The van der Waals surface area contributed by atoms with E-state index in [0.29, 0.717) is 18.8 Å². The zero-order chi connectivity index (χ0) is 24.7. The second-order valence-corrected chi connectivity index (χ2v) is 9.38. The van der Waals surface area contributed by atoms with Crippen LogP contribution in [0.2, 0.25) is 0 Å². The Labute approximate surface area is 196 Å². The first-order valence-electron chi connectivity index (χ1n) is 11.0. The molecule has 1 aromatic heterocycles. The van der Waals surface area contributed by atoms with Gasteiger partial charge in [0.25, 0.3) is 0 Å². The van der Waals surface area contributed by atoms with Crippen molar-refractivity contribution in [3.05, 3.63) is 41.2 Å². The van der Waals surface area contributed by atoms with Crippen LogP contribution in [0.4, 0.5) is 29.5 Å². The van der Waals surface area contributed by atoms with Crippen molar-refractivity contribution in [1.82, 2.24) is 19.8 Å². The van der Waals surface area contributed by atoms with Gasteiger partial charge in [-0.3, -0.25) is 4.90 Å². The number of nitrogens with one attached hydrogen (secondary N) is 1. The van der Waals surface area contributed by atoms with E-state index in [9.17, 15) is 18.0 Å². The van der Waals surface area contributed by atoms with Crippen molar-refractivity contribution >= 4 is 17.6 Å². The van der Waals surface area contributed by atoms with Crippen LogP contribution in [0.5, 0.6) is 5.88 Å². The molecular formula is C23H28F3N5O3. The Morgan fingerprint density at radius 3 is 2.56 bits per heavy atom. The quantitative estimate of drug-likeness (QED) is 0.699. The van der Waals surface area contributed by atoms with Gasteiger partial charge in [-0.1, -0.05) is 6.07 Å². The number of hydrogen-bond acceptors (Lipinski definition) is 7. The van der Waals surface area contributed by atoms with Gasteiger partial charge >= 0.3 is 12.3 Å². The summed E-state index contributed by atoms with van der Waals surface area (Å²) in [5.74, 6) is -1.46. The number of carbonyl (C=O) groups is 1. The van der Waals surface area contributed by atoms with Gasteiger partial charge < -0.3 is 19.7 Å². The second-order valence-electron chi connectivity index (χ2n) is 9.38. The summed E-state index contributed by atoms with van der Waals surface area (Å²) in [6, 6.07) is 7.03. The zero-order valence-electron chi connectivity index (χ0n) is 19.6. The summed E-state index contributed by atoms with van der Waals surface area (Å²) in [5, 5.41) is 2.94. The highest BCUT2D eigenvalue weighted by Gasteiger charge is 2.37. The van der Waals surface area contributed by atoms with E-state index < -0.39 is 17.6 Å². The number of alkyl halides is 3. The van der Waals surface area contributed by atoms with Crippen molar-refractivity contribution < 1.29 is 27.4 Å². The maximum absolute atomic E-state index is 13.1. The van der Waals surface area contributed by atoms with E-state index in [0.717, 1.165) is 30.6 Å². The monoisotopic (exact) mass is 479 g/mol. The number of carbonyl (C=O) groups excluding carboxylic acids is 1. The highest BCUT2D eigenvalue weighted by Crippen LogP contribution is 2.35. The van der Waals surface area contributed by atoms with Crippen LogP contribution in [0.3, 0.4) is 0 Å². The third-order valence-corrected chi connectivity index (χ3v) is 5.75. The lowest BCUT2D eigenvalue weighted by atomic mass is 9.90. The molecule has 0 radical (unpaired) electrons. The van der Waals surface area contributed by atoms with Crippen LogP contribution in [0.25, 0.3) is 0 Å². The number of hydrogen-bond donors (Lipinski definition) is 1. The molecule has 2 aromatic rings.